The monoisotopic (exact) mass is 275 g/mol. The molecule has 4 heteroatoms. The molecule has 0 saturated heterocycles. The lowest BCUT2D eigenvalue weighted by Crippen LogP contribution is -2.21. The van der Waals surface area contributed by atoms with Crippen LogP contribution in [0.5, 0.6) is 0 Å². The fourth-order valence-corrected chi connectivity index (χ4v) is 2.14. The molecule has 1 N–H and O–H groups in total. The summed E-state index contributed by atoms with van der Waals surface area (Å²) in [7, 11) is 0. The number of aromatic nitrogens is 2. The summed E-state index contributed by atoms with van der Waals surface area (Å²) in [5, 5.41) is 7.77. The van der Waals surface area contributed by atoms with E-state index >= 15 is 0 Å². The van der Waals surface area contributed by atoms with E-state index in [1.807, 2.05) is 29.9 Å². The number of hydrogen-bond donors (Lipinski definition) is 1. The number of aryl methyl sites for hydroxylation is 1. The van der Waals surface area contributed by atoms with Crippen LogP contribution >= 0.6 is 0 Å². The van der Waals surface area contributed by atoms with Crippen molar-refractivity contribution in [1.82, 2.24) is 15.1 Å². The Morgan fingerprint density at radius 2 is 2.10 bits per heavy atom. The molecule has 0 radical (unpaired) electrons. The van der Waals surface area contributed by atoms with E-state index in [0.717, 1.165) is 29.9 Å². The number of nitrogens with zero attached hydrogens (tertiary/aromatic N) is 2. The Labute approximate surface area is 119 Å². The molecular weight excluding hydrogens is 253 g/mol. The van der Waals surface area contributed by atoms with Crippen LogP contribution in [-0.4, -0.2) is 16.3 Å². The van der Waals surface area contributed by atoms with Crippen molar-refractivity contribution in [2.24, 2.45) is 5.92 Å². The van der Waals surface area contributed by atoms with Crippen molar-refractivity contribution in [3.05, 3.63) is 53.1 Å². The zero-order valence-electron chi connectivity index (χ0n) is 12.4. The Balaban J connectivity index is 2.04. The minimum atomic E-state index is -0.189. The Morgan fingerprint density at radius 1 is 1.30 bits per heavy atom. The molecule has 1 aromatic carbocycles. The molecule has 0 bridgehead atoms. The number of nitrogens with one attached hydrogen (secondary N) is 1. The van der Waals surface area contributed by atoms with Gasteiger partial charge in [0.2, 0.25) is 0 Å². The van der Waals surface area contributed by atoms with Gasteiger partial charge < -0.3 is 5.32 Å². The highest BCUT2D eigenvalue weighted by Gasteiger charge is 2.06. The molecule has 0 unspecified atom stereocenters. The average Bonchev–Trinajstić information content (AvgIpc) is 2.80. The van der Waals surface area contributed by atoms with E-state index in [1.165, 1.54) is 6.07 Å². The first-order valence-electron chi connectivity index (χ1n) is 7.02. The Kier molecular flexibility index (Phi) is 4.90. The maximum absolute atomic E-state index is 13.1. The van der Waals surface area contributed by atoms with Crippen LogP contribution in [0.4, 0.5) is 4.39 Å². The molecule has 0 spiro atoms. The first kappa shape index (κ1) is 14.7. The maximum Gasteiger partial charge on any atom is 0.123 e. The highest BCUT2D eigenvalue weighted by atomic mass is 19.1. The van der Waals surface area contributed by atoms with Crippen LogP contribution in [0.15, 0.2) is 30.5 Å². The van der Waals surface area contributed by atoms with Crippen molar-refractivity contribution in [3.8, 4) is 0 Å². The average molecular weight is 275 g/mol. The van der Waals surface area contributed by atoms with Gasteiger partial charge in [0.1, 0.15) is 5.82 Å². The molecule has 0 aliphatic heterocycles. The van der Waals surface area contributed by atoms with Gasteiger partial charge in [0.15, 0.2) is 0 Å². The van der Waals surface area contributed by atoms with Gasteiger partial charge in [-0.25, -0.2) is 4.39 Å². The Morgan fingerprint density at radius 3 is 2.80 bits per heavy atom. The summed E-state index contributed by atoms with van der Waals surface area (Å²) >= 11 is 0. The number of hydrogen-bond acceptors (Lipinski definition) is 2. The van der Waals surface area contributed by atoms with E-state index in [-0.39, 0.29) is 5.82 Å². The molecule has 1 heterocycles. The summed E-state index contributed by atoms with van der Waals surface area (Å²) in [6.45, 7) is 8.77. The molecule has 0 saturated carbocycles. The first-order chi connectivity index (χ1) is 9.56. The van der Waals surface area contributed by atoms with Crippen LogP contribution < -0.4 is 5.32 Å². The SMILES string of the molecule is Cc1cc(F)ccc1Cn1nccc1CNCC(C)C. The molecule has 108 valence electrons. The van der Waals surface area contributed by atoms with Crippen LogP contribution in [0, 0.1) is 18.7 Å². The summed E-state index contributed by atoms with van der Waals surface area (Å²) in [6, 6.07) is 6.92. The van der Waals surface area contributed by atoms with E-state index in [1.54, 1.807) is 6.07 Å². The van der Waals surface area contributed by atoms with Gasteiger partial charge in [-0.2, -0.15) is 5.10 Å². The largest absolute Gasteiger partial charge is 0.311 e. The summed E-state index contributed by atoms with van der Waals surface area (Å²) in [5.74, 6) is 0.441. The first-order valence-corrected chi connectivity index (χ1v) is 7.02. The molecule has 0 atom stereocenters. The smallest absolute Gasteiger partial charge is 0.123 e. The van der Waals surface area contributed by atoms with E-state index in [9.17, 15) is 4.39 Å². The quantitative estimate of drug-likeness (QED) is 0.878. The van der Waals surface area contributed by atoms with Gasteiger partial charge >= 0.3 is 0 Å². The van der Waals surface area contributed by atoms with E-state index in [2.05, 4.69) is 24.3 Å². The van der Waals surface area contributed by atoms with E-state index in [4.69, 9.17) is 0 Å². The van der Waals surface area contributed by atoms with Crippen LogP contribution in [0.1, 0.15) is 30.7 Å². The minimum absolute atomic E-state index is 0.189. The molecule has 0 aliphatic rings. The predicted molar refractivity (Wildman–Crippen MR) is 79.0 cm³/mol. The number of halogens is 1. The van der Waals surface area contributed by atoms with Crippen molar-refractivity contribution in [2.75, 3.05) is 6.54 Å². The zero-order valence-corrected chi connectivity index (χ0v) is 12.4. The summed E-state index contributed by atoms with van der Waals surface area (Å²) < 4.78 is 15.1. The normalized spacial score (nSPS) is 11.2. The van der Waals surface area contributed by atoms with Crippen LogP contribution in [0.3, 0.4) is 0 Å². The molecule has 0 amide bonds. The molecule has 0 fully saturated rings. The van der Waals surface area contributed by atoms with E-state index in [0.29, 0.717) is 12.5 Å². The second-order valence-corrected chi connectivity index (χ2v) is 5.58. The fraction of sp³-hybridized carbons (Fsp3) is 0.438. The molecule has 2 rings (SSSR count). The molecule has 1 aromatic heterocycles. The van der Waals surface area contributed by atoms with Gasteiger partial charge in [-0.15, -0.1) is 0 Å². The van der Waals surface area contributed by atoms with E-state index < -0.39 is 0 Å². The van der Waals surface area contributed by atoms with Gasteiger partial charge in [-0.1, -0.05) is 19.9 Å². The number of rotatable bonds is 6. The standard InChI is InChI=1S/C16H22FN3/c1-12(2)9-18-10-16-6-7-19-20(16)11-14-4-5-15(17)8-13(14)3/h4-8,12,18H,9-11H2,1-3H3. The van der Waals surface area contributed by atoms with Crippen LogP contribution in [0.25, 0.3) is 0 Å². The summed E-state index contributed by atoms with van der Waals surface area (Å²) in [5.41, 5.74) is 3.20. The molecule has 3 nitrogen and oxygen atoms in total. The zero-order chi connectivity index (χ0) is 14.5. The van der Waals surface area contributed by atoms with Gasteiger partial charge in [0.05, 0.1) is 12.2 Å². The lowest BCUT2D eigenvalue weighted by atomic mass is 10.1. The van der Waals surface area contributed by atoms with Crippen molar-refractivity contribution in [2.45, 2.75) is 33.9 Å². The Bertz CT molecular complexity index is 561. The van der Waals surface area contributed by atoms with Gasteiger partial charge in [-0.3, -0.25) is 4.68 Å². The fourth-order valence-electron chi connectivity index (χ4n) is 2.14. The lowest BCUT2D eigenvalue weighted by molar-refractivity contribution is 0.529. The molecule has 20 heavy (non-hydrogen) atoms. The number of benzene rings is 1. The molecule has 0 aliphatic carbocycles. The predicted octanol–water partition coefficient (Wildman–Crippen LogP) is 3.12. The molecule has 2 aromatic rings. The van der Waals surface area contributed by atoms with Crippen molar-refractivity contribution in [1.29, 1.82) is 0 Å². The lowest BCUT2D eigenvalue weighted by Gasteiger charge is -2.11. The van der Waals surface area contributed by atoms with Crippen LogP contribution in [0.2, 0.25) is 0 Å². The van der Waals surface area contributed by atoms with Gasteiger partial charge in [0, 0.05) is 12.7 Å². The summed E-state index contributed by atoms with van der Waals surface area (Å²) in [6.07, 6.45) is 1.81. The third kappa shape index (κ3) is 3.90. The maximum atomic E-state index is 13.1. The topological polar surface area (TPSA) is 29.9 Å². The van der Waals surface area contributed by atoms with Crippen molar-refractivity contribution >= 4 is 0 Å². The van der Waals surface area contributed by atoms with Crippen molar-refractivity contribution in [3.63, 3.8) is 0 Å². The second kappa shape index (κ2) is 6.66. The minimum Gasteiger partial charge on any atom is -0.311 e. The van der Waals surface area contributed by atoms with Gasteiger partial charge in [0.25, 0.3) is 0 Å². The Hall–Kier alpha value is -1.68. The van der Waals surface area contributed by atoms with Gasteiger partial charge in [-0.05, 0) is 48.7 Å². The third-order valence-corrected chi connectivity index (χ3v) is 3.29. The second-order valence-electron chi connectivity index (χ2n) is 5.58. The van der Waals surface area contributed by atoms with Crippen molar-refractivity contribution < 1.29 is 4.39 Å². The highest BCUT2D eigenvalue weighted by molar-refractivity contribution is 5.27. The van der Waals surface area contributed by atoms with Crippen LogP contribution in [-0.2, 0) is 13.1 Å². The third-order valence-electron chi connectivity index (χ3n) is 3.29. The highest BCUT2D eigenvalue weighted by Crippen LogP contribution is 2.12. The summed E-state index contributed by atoms with van der Waals surface area (Å²) in [4.78, 5) is 0. The molecular formula is C16H22FN3.